The summed E-state index contributed by atoms with van der Waals surface area (Å²) >= 11 is 0. The highest BCUT2D eigenvalue weighted by atomic mass is 16.2. The van der Waals surface area contributed by atoms with Crippen molar-refractivity contribution in [3.05, 3.63) is 60.7 Å². The Morgan fingerprint density at radius 3 is 1.29 bits per heavy atom. The summed E-state index contributed by atoms with van der Waals surface area (Å²) in [6.45, 7) is 7.20. The highest BCUT2D eigenvalue weighted by Crippen LogP contribution is 2.51. The van der Waals surface area contributed by atoms with E-state index in [0.717, 1.165) is 0 Å². The maximum Gasteiger partial charge on any atom is 0.260 e. The molecule has 4 rings (SSSR count). The van der Waals surface area contributed by atoms with Crippen LogP contribution < -0.4 is 10.0 Å². The summed E-state index contributed by atoms with van der Waals surface area (Å²) in [5, 5.41) is 11.8. The van der Waals surface area contributed by atoms with E-state index in [-0.39, 0.29) is 11.8 Å². The topological polar surface area (TPSA) is 65.3 Å². The number of carbonyl (C=O) groups excluding carboxylic acids is 2. The monoisotopic (exact) mass is 374 g/mol. The van der Waals surface area contributed by atoms with E-state index in [1.807, 2.05) is 60.7 Å². The minimum absolute atomic E-state index is 0.225. The molecule has 0 saturated heterocycles. The maximum atomic E-state index is 13.6. The van der Waals surface area contributed by atoms with E-state index in [0.29, 0.717) is 22.8 Å². The second kappa shape index (κ2) is 6.12. The molecule has 0 spiro atoms. The smallest absolute Gasteiger partial charge is 0.260 e. The predicted octanol–water partition coefficient (Wildman–Crippen LogP) is 3.84. The molecule has 2 aromatic carbocycles. The van der Waals surface area contributed by atoms with Gasteiger partial charge in [0.2, 0.25) is 0 Å². The van der Waals surface area contributed by atoms with E-state index < -0.39 is 10.8 Å². The number of anilines is 2. The number of benzene rings is 2. The molecule has 0 saturated carbocycles. The van der Waals surface area contributed by atoms with Crippen molar-refractivity contribution in [2.24, 2.45) is 21.0 Å². The van der Waals surface area contributed by atoms with Crippen LogP contribution in [0.3, 0.4) is 0 Å². The first-order valence-electron chi connectivity index (χ1n) is 9.22. The van der Waals surface area contributed by atoms with E-state index >= 15 is 0 Å². The Morgan fingerprint density at radius 2 is 0.964 bits per heavy atom. The van der Waals surface area contributed by atoms with Gasteiger partial charge in [-0.15, -0.1) is 0 Å². The molecule has 28 heavy (non-hydrogen) atoms. The van der Waals surface area contributed by atoms with Gasteiger partial charge >= 0.3 is 0 Å². The van der Waals surface area contributed by atoms with Gasteiger partial charge in [-0.25, -0.2) is 0 Å². The summed E-state index contributed by atoms with van der Waals surface area (Å²) in [4.78, 5) is 27.1. The van der Waals surface area contributed by atoms with Crippen molar-refractivity contribution < 1.29 is 9.59 Å². The average molecular weight is 374 g/mol. The second-order valence-electron chi connectivity index (χ2n) is 7.53. The highest BCUT2D eigenvalue weighted by Gasteiger charge is 2.65. The molecule has 0 aliphatic carbocycles. The number of hydrogen-bond acceptors (Lipinski definition) is 4. The quantitative estimate of drug-likeness (QED) is 0.819. The third-order valence-electron chi connectivity index (χ3n) is 6.19. The summed E-state index contributed by atoms with van der Waals surface area (Å²) in [6, 6.07) is 18.5. The first-order chi connectivity index (χ1) is 13.3. The molecule has 2 heterocycles. The van der Waals surface area contributed by atoms with Gasteiger partial charge < -0.3 is 0 Å². The lowest BCUT2D eigenvalue weighted by atomic mass is 9.60. The zero-order valence-corrected chi connectivity index (χ0v) is 16.4. The zero-order valence-electron chi connectivity index (χ0n) is 16.4. The lowest BCUT2D eigenvalue weighted by Gasteiger charge is -2.38. The lowest BCUT2D eigenvalue weighted by Crippen LogP contribution is -2.56. The second-order valence-corrected chi connectivity index (χ2v) is 7.53. The Bertz CT molecular complexity index is 932. The Kier molecular flexibility index (Phi) is 3.96. The van der Waals surface area contributed by atoms with Crippen LogP contribution in [-0.2, 0) is 9.59 Å². The molecule has 6 nitrogen and oxygen atoms in total. The molecular weight excluding hydrogens is 352 g/mol. The van der Waals surface area contributed by atoms with Crippen molar-refractivity contribution in [3.8, 4) is 0 Å². The van der Waals surface area contributed by atoms with Crippen LogP contribution in [0, 0.1) is 10.8 Å². The first-order valence-corrected chi connectivity index (χ1v) is 9.22. The molecule has 0 unspecified atom stereocenters. The van der Waals surface area contributed by atoms with Crippen LogP contribution in [0.4, 0.5) is 11.4 Å². The van der Waals surface area contributed by atoms with Crippen LogP contribution >= 0.6 is 0 Å². The first kappa shape index (κ1) is 18.1. The van der Waals surface area contributed by atoms with E-state index in [2.05, 4.69) is 10.2 Å². The van der Waals surface area contributed by atoms with E-state index in [1.54, 1.807) is 27.7 Å². The lowest BCUT2D eigenvalue weighted by molar-refractivity contribution is -0.135. The number of rotatable bonds is 3. The fourth-order valence-electron chi connectivity index (χ4n) is 3.96. The summed E-state index contributed by atoms with van der Waals surface area (Å²) in [7, 11) is 0. The van der Waals surface area contributed by atoms with Crippen LogP contribution in [0.15, 0.2) is 70.9 Å². The largest absolute Gasteiger partial charge is 0.271 e. The number of nitrogens with zero attached hydrogens (tertiary/aromatic N) is 4. The summed E-state index contributed by atoms with van der Waals surface area (Å²) in [6.07, 6.45) is 0. The molecule has 2 atom stereocenters. The third kappa shape index (κ3) is 2.21. The van der Waals surface area contributed by atoms with Crippen LogP contribution in [-0.4, -0.2) is 23.2 Å². The molecule has 0 bridgehead atoms. The molecule has 142 valence electrons. The number of hydrazone groups is 2. The molecule has 2 aromatic rings. The van der Waals surface area contributed by atoms with Gasteiger partial charge in [0.1, 0.15) is 10.8 Å². The maximum absolute atomic E-state index is 13.6. The van der Waals surface area contributed by atoms with Crippen LogP contribution in [0.2, 0.25) is 0 Å². The van der Waals surface area contributed by atoms with Crippen LogP contribution in [0.1, 0.15) is 27.7 Å². The summed E-state index contributed by atoms with van der Waals surface area (Å²) in [5.41, 5.74) is 0.301. The summed E-state index contributed by atoms with van der Waals surface area (Å²) in [5.74, 6) is -0.451. The summed E-state index contributed by atoms with van der Waals surface area (Å²) < 4.78 is 0. The normalized spacial score (nSPS) is 27.3. The van der Waals surface area contributed by atoms with E-state index in [1.165, 1.54) is 10.0 Å². The Balaban J connectivity index is 1.78. The minimum atomic E-state index is -1.13. The van der Waals surface area contributed by atoms with Gasteiger partial charge in [0.05, 0.1) is 22.8 Å². The van der Waals surface area contributed by atoms with E-state index in [4.69, 9.17) is 0 Å². The molecule has 0 fully saturated rings. The third-order valence-corrected chi connectivity index (χ3v) is 6.19. The molecule has 2 aliphatic rings. The average Bonchev–Trinajstić information content (AvgIpc) is 3.10. The molecule has 2 amide bonds. The molecule has 6 heteroatoms. The van der Waals surface area contributed by atoms with Gasteiger partial charge in [0.25, 0.3) is 11.8 Å². The SMILES string of the molecule is CC1=NN(c2ccccc2)C(=O)[C@]1(C)[C@@]1(C)C(=O)N(c2ccccc2)N=C1C. The molecule has 0 radical (unpaired) electrons. The number of hydrogen-bond donors (Lipinski definition) is 0. The van der Waals surface area contributed by atoms with Gasteiger partial charge in [-0.1, -0.05) is 36.4 Å². The van der Waals surface area contributed by atoms with Gasteiger partial charge in [-0.05, 0) is 52.0 Å². The van der Waals surface area contributed by atoms with Crippen LogP contribution in [0.5, 0.6) is 0 Å². The number of para-hydroxylation sites is 2. The Hall–Kier alpha value is -3.28. The number of amides is 2. The van der Waals surface area contributed by atoms with Gasteiger partial charge in [0.15, 0.2) is 0 Å². The van der Waals surface area contributed by atoms with Crippen molar-refractivity contribution in [3.63, 3.8) is 0 Å². The molecular formula is C22H22N4O2. The van der Waals surface area contributed by atoms with Crippen molar-refractivity contribution >= 4 is 34.6 Å². The number of carbonyl (C=O) groups is 2. The standard InChI is InChI=1S/C22H22N4O2/c1-15-21(3,19(27)25(23-15)17-11-7-5-8-12-17)22(4)16(2)24-26(20(22)28)18-13-9-6-10-14-18/h5-14H,1-4H3/t21-,22-/m1/s1. The van der Waals surface area contributed by atoms with Gasteiger partial charge in [-0.2, -0.15) is 20.2 Å². The zero-order chi connectivity index (χ0) is 20.1. The minimum Gasteiger partial charge on any atom is -0.271 e. The highest BCUT2D eigenvalue weighted by molar-refractivity contribution is 6.30. The molecule has 0 aromatic heterocycles. The van der Waals surface area contributed by atoms with Crippen molar-refractivity contribution in [1.29, 1.82) is 0 Å². The fourth-order valence-corrected chi connectivity index (χ4v) is 3.96. The van der Waals surface area contributed by atoms with Crippen molar-refractivity contribution in [2.45, 2.75) is 27.7 Å². The molecule has 0 N–H and O–H groups in total. The van der Waals surface area contributed by atoms with Gasteiger partial charge in [-0.3, -0.25) is 9.59 Å². The fraction of sp³-hybridized carbons (Fsp3) is 0.273. The molecule has 2 aliphatic heterocycles. The predicted molar refractivity (Wildman–Crippen MR) is 110 cm³/mol. The van der Waals surface area contributed by atoms with E-state index in [9.17, 15) is 9.59 Å². The van der Waals surface area contributed by atoms with Crippen molar-refractivity contribution in [1.82, 2.24) is 0 Å². The Labute approximate surface area is 164 Å². The van der Waals surface area contributed by atoms with Gasteiger partial charge in [0, 0.05) is 0 Å². The van der Waals surface area contributed by atoms with Crippen molar-refractivity contribution in [2.75, 3.05) is 10.0 Å². The Morgan fingerprint density at radius 1 is 0.643 bits per heavy atom. The van der Waals surface area contributed by atoms with Crippen LogP contribution in [0.25, 0.3) is 0 Å².